The Balaban J connectivity index is 1.80. The summed E-state index contributed by atoms with van der Waals surface area (Å²) < 4.78 is 13.6. The van der Waals surface area contributed by atoms with E-state index >= 15 is 0 Å². The minimum atomic E-state index is -0.546. The van der Waals surface area contributed by atoms with Gasteiger partial charge in [-0.3, -0.25) is 14.9 Å². The molecule has 1 aromatic heterocycles. The number of benzene rings is 2. The van der Waals surface area contributed by atoms with E-state index in [0.29, 0.717) is 11.9 Å². The molecule has 25 heavy (non-hydrogen) atoms. The van der Waals surface area contributed by atoms with Gasteiger partial charge in [0.1, 0.15) is 11.5 Å². The van der Waals surface area contributed by atoms with Crippen LogP contribution in [0.2, 0.25) is 0 Å². The van der Waals surface area contributed by atoms with Gasteiger partial charge in [-0.25, -0.2) is 9.37 Å². The minimum absolute atomic E-state index is 0.151. The predicted molar refractivity (Wildman–Crippen MR) is 90.1 cm³/mol. The van der Waals surface area contributed by atoms with E-state index in [0.717, 1.165) is 17.5 Å². The van der Waals surface area contributed by atoms with E-state index in [-0.39, 0.29) is 28.6 Å². The highest BCUT2D eigenvalue weighted by molar-refractivity contribution is 5.86. The average molecular weight is 340 g/mol. The number of anilines is 1. The number of aromatic nitrogens is 2. The molecule has 8 heteroatoms. The summed E-state index contributed by atoms with van der Waals surface area (Å²) in [6.45, 7) is 0. The smallest absolute Gasteiger partial charge is 0.293 e. The normalized spacial score (nSPS) is 16.0. The fraction of sp³-hybridized carbons (Fsp3) is 0.176. The second-order valence-corrected chi connectivity index (χ2v) is 5.95. The zero-order valence-electron chi connectivity index (χ0n) is 13.0. The van der Waals surface area contributed by atoms with Gasteiger partial charge in [-0.2, -0.15) is 0 Å². The number of hydrogen-bond donors (Lipinski definition) is 2. The number of hydrogen-bond acceptors (Lipinski definition) is 5. The predicted octanol–water partition coefficient (Wildman–Crippen LogP) is 3.07. The van der Waals surface area contributed by atoms with Gasteiger partial charge in [-0.05, 0) is 42.2 Å². The molecule has 0 amide bonds. The number of H-pyrrole nitrogens is 1. The first-order valence-electron chi connectivity index (χ1n) is 7.73. The fourth-order valence-corrected chi connectivity index (χ4v) is 3.28. The molecule has 2 aromatic carbocycles. The highest BCUT2D eigenvalue weighted by atomic mass is 19.1. The quantitative estimate of drug-likeness (QED) is 0.564. The molecular weight excluding hydrogens is 327 g/mol. The summed E-state index contributed by atoms with van der Waals surface area (Å²) in [5.41, 5.74) is 1.79. The van der Waals surface area contributed by atoms with Gasteiger partial charge in [0, 0.05) is 6.07 Å². The molecular formula is C17H13FN4O3. The Morgan fingerprint density at radius 1 is 1.32 bits per heavy atom. The van der Waals surface area contributed by atoms with Crippen molar-refractivity contribution < 1.29 is 9.31 Å². The topological polar surface area (TPSA) is 101 Å². The van der Waals surface area contributed by atoms with Crippen molar-refractivity contribution in [2.24, 2.45) is 0 Å². The lowest BCUT2D eigenvalue weighted by Gasteiger charge is -2.16. The molecule has 0 radical (unpaired) electrons. The third-order valence-corrected chi connectivity index (χ3v) is 4.47. The van der Waals surface area contributed by atoms with E-state index in [4.69, 9.17) is 0 Å². The molecule has 1 heterocycles. The first-order valence-corrected chi connectivity index (χ1v) is 7.73. The van der Waals surface area contributed by atoms with E-state index in [2.05, 4.69) is 15.3 Å². The largest absolute Gasteiger partial charge is 0.373 e. The molecule has 0 aliphatic heterocycles. The molecule has 0 saturated heterocycles. The number of aromatic amines is 1. The highest BCUT2D eigenvalue weighted by Gasteiger charge is 2.26. The molecule has 0 saturated carbocycles. The number of halogens is 1. The lowest BCUT2D eigenvalue weighted by atomic mass is 10.1. The van der Waals surface area contributed by atoms with Crippen molar-refractivity contribution in [2.75, 3.05) is 5.32 Å². The molecule has 2 N–H and O–H groups in total. The van der Waals surface area contributed by atoms with E-state index < -0.39 is 10.5 Å². The molecule has 126 valence electrons. The van der Waals surface area contributed by atoms with Gasteiger partial charge in [-0.1, -0.05) is 6.07 Å². The second kappa shape index (κ2) is 5.66. The summed E-state index contributed by atoms with van der Waals surface area (Å²) in [7, 11) is 0. The molecule has 1 unspecified atom stereocenters. The van der Waals surface area contributed by atoms with Crippen LogP contribution >= 0.6 is 0 Å². The lowest BCUT2D eigenvalue weighted by Crippen LogP contribution is -2.11. The number of nitro groups is 1. The summed E-state index contributed by atoms with van der Waals surface area (Å²) in [5, 5.41) is 14.7. The number of aryl methyl sites for hydroxylation is 1. The molecule has 0 bridgehead atoms. The first kappa shape index (κ1) is 15.3. The second-order valence-electron chi connectivity index (χ2n) is 5.95. The van der Waals surface area contributed by atoms with Crippen LogP contribution in [0.5, 0.6) is 0 Å². The maximum atomic E-state index is 13.6. The SMILES string of the molecule is O=c1[nH]cnc2cc(NC3CCc4ccc(F)cc43)c([N+](=O)[O-])cc12. The number of fused-ring (bicyclic) bond motifs is 2. The number of nitrogens with zero attached hydrogens (tertiary/aromatic N) is 2. The lowest BCUT2D eigenvalue weighted by molar-refractivity contribution is -0.383. The maximum Gasteiger partial charge on any atom is 0.293 e. The molecule has 4 rings (SSSR count). The zero-order chi connectivity index (χ0) is 17.6. The highest BCUT2D eigenvalue weighted by Crippen LogP contribution is 2.37. The van der Waals surface area contributed by atoms with Gasteiger partial charge in [0.05, 0.1) is 28.2 Å². The molecule has 1 aliphatic carbocycles. The number of nitrogens with one attached hydrogen (secondary N) is 2. The number of nitro benzene ring substituents is 1. The van der Waals surface area contributed by atoms with Crippen molar-refractivity contribution in [3.63, 3.8) is 0 Å². The third kappa shape index (κ3) is 2.61. The van der Waals surface area contributed by atoms with E-state index in [1.54, 1.807) is 6.07 Å². The van der Waals surface area contributed by atoms with Crippen LogP contribution in [0.15, 0.2) is 41.5 Å². The third-order valence-electron chi connectivity index (χ3n) is 4.47. The van der Waals surface area contributed by atoms with Gasteiger partial charge in [0.2, 0.25) is 0 Å². The summed E-state index contributed by atoms with van der Waals surface area (Å²) >= 11 is 0. The Morgan fingerprint density at radius 3 is 2.96 bits per heavy atom. The van der Waals surface area contributed by atoms with Crippen LogP contribution in [0.3, 0.4) is 0 Å². The van der Waals surface area contributed by atoms with Crippen molar-refractivity contribution in [3.05, 3.63) is 74.1 Å². The summed E-state index contributed by atoms with van der Waals surface area (Å²) in [4.78, 5) is 29.2. The van der Waals surface area contributed by atoms with Crippen LogP contribution in [-0.4, -0.2) is 14.9 Å². The van der Waals surface area contributed by atoms with Crippen LogP contribution in [0, 0.1) is 15.9 Å². The van der Waals surface area contributed by atoms with Gasteiger partial charge >= 0.3 is 0 Å². The Labute approximate surface area is 140 Å². The standard InChI is InChI=1S/C17H13FN4O3/c18-10-3-1-9-2-4-13(11(9)5-10)21-15-7-14-12(6-16(15)22(24)25)17(23)20-8-19-14/h1,3,5-8,13,21H,2,4H2,(H,19,20,23). The van der Waals surface area contributed by atoms with Crippen molar-refractivity contribution >= 4 is 22.3 Å². The summed E-state index contributed by atoms with van der Waals surface area (Å²) in [5.74, 6) is -0.339. The molecule has 3 aromatic rings. The van der Waals surface area contributed by atoms with E-state index in [9.17, 15) is 19.3 Å². The first-order chi connectivity index (χ1) is 12.0. The summed E-state index contributed by atoms with van der Waals surface area (Å²) in [6, 6.07) is 7.07. The Kier molecular flexibility index (Phi) is 3.45. The van der Waals surface area contributed by atoms with Crippen molar-refractivity contribution in [2.45, 2.75) is 18.9 Å². The van der Waals surface area contributed by atoms with Crippen molar-refractivity contribution in [1.29, 1.82) is 0 Å². The van der Waals surface area contributed by atoms with Gasteiger partial charge < -0.3 is 10.3 Å². The maximum absolute atomic E-state index is 13.6. The molecule has 1 aliphatic rings. The van der Waals surface area contributed by atoms with Crippen LogP contribution in [0.25, 0.3) is 10.9 Å². The van der Waals surface area contributed by atoms with Crippen LogP contribution in [-0.2, 0) is 6.42 Å². The van der Waals surface area contributed by atoms with Crippen molar-refractivity contribution in [3.8, 4) is 0 Å². The molecule has 7 nitrogen and oxygen atoms in total. The molecule has 0 fully saturated rings. The van der Waals surface area contributed by atoms with Crippen molar-refractivity contribution in [1.82, 2.24) is 9.97 Å². The number of rotatable bonds is 3. The molecule has 1 atom stereocenters. The monoisotopic (exact) mass is 340 g/mol. The Hall–Kier alpha value is -3.29. The fourth-order valence-electron chi connectivity index (χ4n) is 3.28. The van der Waals surface area contributed by atoms with Gasteiger partial charge in [0.15, 0.2) is 0 Å². The van der Waals surface area contributed by atoms with Crippen LogP contribution in [0.4, 0.5) is 15.8 Å². The van der Waals surface area contributed by atoms with Crippen LogP contribution in [0.1, 0.15) is 23.6 Å². The van der Waals surface area contributed by atoms with E-state index in [1.807, 2.05) is 0 Å². The van der Waals surface area contributed by atoms with Crippen LogP contribution < -0.4 is 10.9 Å². The Bertz CT molecular complexity index is 1060. The molecule has 0 spiro atoms. The zero-order valence-corrected chi connectivity index (χ0v) is 13.0. The van der Waals surface area contributed by atoms with Gasteiger partial charge in [0.25, 0.3) is 11.2 Å². The van der Waals surface area contributed by atoms with E-state index in [1.165, 1.54) is 30.6 Å². The Morgan fingerprint density at radius 2 is 2.16 bits per heavy atom. The van der Waals surface area contributed by atoms with Gasteiger partial charge in [-0.15, -0.1) is 0 Å². The summed E-state index contributed by atoms with van der Waals surface area (Å²) in [6.07, 6.45) is 2.73. The average Bonchev–Trinajstić information content (AvgIpc) is 2.96. The minimum Gasteiger partial charge on any atom is -0.373 e.